The number of hydrogen-bond acceptors (Lipinski definition) is 4. The van der Waals surface area contributed by atoms with Gasteiger partial charge in [-0.25, -0.2) is 15.0 Å². The molecule has 0 fully saturated rings. The number of rotatable bonds is 5. The van der Waals surface area contributed by atoms with E-state index >= 15 is 0 Å². The summed E-state index contributed by atoms with van der Waals surface area (Å²) in [4.78, 5) is 15.0. The zero-order valence-corrected chi connectivity index (χ0v) is 27.7. The van der Waals surface area contributed by atoms with Crippen LogP contribution < -0.4 is 0 Å². The van der Waals surface area contributed by atoms with Crippen molar-refractivity contribution in [2.75, 3.05) is 0 Å². The third-order valence-corrected chi connectivity index (χ3v) is 10.6. The smallest absolute Gasteiger partial charge is 0.164 e. The Bertz CT molecular complexity index is 2810. The minimum absolute atomic E-state index is 0.639. The van der Waals surface area contributed by atoms with E-state index in [4.69, 9.17) is 15.0 Å². The van der Waals surface area contributed by atoms with Crippen LogP contribution in [-0.2, 0) is 0 Å². The summed E-state index contributed by atoms with van der Waals surface area (Å²) in [6, 6.07) is 59.8. The molecule has 0 radical (unpaired) electrons. The predicted molar refractivity (Wildman–Crippen MR) is 209 cm³/mol. The lowest BCUT2D eigenvalue weighted by atomic mass is 10.0. The Morgan fingerprint density at radius 1 is 0.360 bits per heavy atom. The summed E-state index contributed by atoms with van der Waals surface area (Å²) in [6.07, 6.45) is 0. The molecule has 0 N–H and O–H groups in total. The fourth-order valence-electron chi connectivity index (χ4n) is 7.11. The molecule has 10 aromatic rings. The van der Waals surface area contributed by atoms with Crippen LogP contribution in [0.25, 0.3) is 93.0 Å². The zero-order valence-electron chi connectivity index (χ0n) is 26.9. The highest BCUT2D eigenvalue weighted by Crippen LogP contribution is 2.40. The second kappa shape index (κ2) is 11.6. The Labute approximate surface area is 292 Å². The van der Waals surface area contributed by atoms with Gasteiger partial charge in [0.1, 0.15) is 0 Å². The van der Waals surface area contributed by atoms with Crippen molar-refractivity contribution >= 4 is 53.3 Å². The van der Waals surface area contributed by atoms with Crippen molar-refractivity contribution in [1.82, 2.24) is 19.5 Å². The maximum atomic E-state index is 5.04. The summed E-state index contributed by atoms with van der Waals surface area (Å²) in [7, 11) is 0. The van der Waals surface area contributed by atoms with E-state index < -0.39 is 0 Å². The molecular formula is C45H28N4S. The van der Waals surface area contributed by atoms with Crippen molar-refractivity contribution in [3.63, 3.8) is 0 Å². The highest BCUT2D eigenvalue weighted by Gasteiger charge is 2.19. The monoisotopic (exact) mass is 656 g/mol. The van der Waals surface area contributed by atoms with Crippen LogP contribution >= 0.6 is 11.3 Å². The van der Waals surface area contributed by atoms with Gasteiger partial charge in [-0.2, -0.15) is 0 Å². The van der Waals surface area contributed by atoms with Crippen LogP contribution in [0.15, 0.2) is 170 Å². The molecule has 234 valence electrons. The first-order chi connectivity index (χ1) is 24.8. The van der Waals surface area contributed by atoms with Gasteiger partial charge in [0, 0.05) is 53.2 Å². The van der Waals surface area contributed by atoms with E-state index in [1.807, 2.05) is 72.0 Å². The number of thiophene rings is 1. The average Bonchev–Trinajstić information content (AvgIpc) is 3.73. The van der Waals surface area contributed by atoms with E-state index in [9.17, 15) is 0 Å². The normalized spacial score (nSPS) is 11.6. The lowest BCUT2D eigenvalue weighted by molar-refractivity contribution is 1.07. The van der Waals surface area contributed by atoms with Crippen LogP contribution in [0.2, 0.25) is 0 Å². The molecule has 7 aromatic carbocycles. The van der Waals surface area contributed by atoms with Gasteiger partial charge in [0.25, 0.3) is 0 Å². The maximum absolute atomic E-state index is 5.04. The molecular weight excluding hydrogens is 629 g/mol. The van der Waals surface area contributed by atoms with Gasteiger partial charge in [0.2, 0.25) is 0 Å². The number of hydrogen-bond donors (Lipinski definition) is 0. The minimum atomic E-state index is 0.639. The lowest BCUT2D eigenvalue weighted by Crippen LogP contribution is -2.00. The van der Waals surface area contributed by atoms with Crippen LogP contribution in [0, 0.1) is 0 Å². The third-order valence-electron chi connectivity index (χ3n) is 9.47. The third kappa shape index (κ3) is 4.71. The maximum Gasteiger partial charge on any atom is 0.164 e. The molecule has 0 bridgehead atoms. The van der Waals surface area contributed by atoms with Crippen LogP contribution in [0.4, 0.5) is 0 Å². The first-order valence-electron chi connectivity index (χ1n) is 16.7. The molecule has 5 heteroatoms. The first-order valence-corrected chi connectivity index (χ1v) is 17.5. The van der Waals surface area contributed by atoms with E-state index in [2.05, 4.69) is 114 Å². The Kier molecular flexibility index (Phi) is 6.64. The Balaban J connectivity index is 1.19. The number of fused-ring (bicyclic) bond motifs is 6. The van der Waals surface area contributed by atoms with Crippen molar-refractivity contribution in [2.45, 2.75) is 0 Å². The van der Waals surface area contributed by atoms with Crippen LogP contribution in [0.1, 0.15) is 0 Å². The van der Waals surface area contributed by atoms with E-state index in [1.165, 1.54) is 42.1 Å². The Morgan fingerprint density at radius 2 is 0.900 bits per heavy atom. The molecule has 0 unspecified atom stereocenters. The van der Waals surface area contributed by atoms with Gasteiger partial charge in [-0.3, -0.25) is 0 Å². The van der Waals surface area contributed by atoms with Crippen molar-refractivity contribution in [1.29, 1.82) is 0 Å². The molecule has 3 heterocycles. The topological polar surface area (TPSA) is 43.6 Å². The summed E-state index contributed by atoms with van der Waals surface area (Å²) in [6.45, 7) is 0. The van der Waals surface area contributed by atoms with Crippen LogP contribution in [0.3, 0.4) is 0 Å². The molecule has 0 saturated heterocycles. The predicted octanol–water partition coefficient (Wildman–Crippen LogP) is 12.0. The van der Waals surface area contributed by atoms with Gasteiger partial charge < -0.3 is 4.57 Å². The molecule has 0 aliphatic rings. The van der Waals surface area contributed by atoms with Crippen LogP contribution in [0.5, 0.6) is 0 Å². The summed E-state index contributed by atoms with van der Waals surface area (Å²) < 4.78 is 5.00. The second-order valence-electron chi connectivity index (χ2n) is 12.4. The first kappa shape index (κ1) is 28.6. The highest BCUT2D eigenvalue weighted by molar-refractivity contribution is 7.25. The molecule has 3 aromatic heterocycles. The Hall–Kier alpha value is -6.43. The van der Waals surface area contributed by atoms with E-state index in [0.717, 1.165) is 33.4 Å². The van der Waals surface area contributed by atoms with E-state index in [0.29, 0.717) is 17.5 Å². The number of benzene rings is 7. The Morgan fingerprint density at radius 3 is 1.66 bits per heavy atom. The fraction of sp³-hybridized carbons (Fsp3) is 0. The number of para-hydroxylation sites is 2. The summed E-state index contributed by atoms with van der Waals surface area (Å²) in [5.74, 6) is 1.94. The quantitative estimate of drug-likeness (QED) is 0.185. The summed E-state index contributed by atoms with van der Waals surface area (Å²) in [5.41, 5.74) is 8.59. The lowest BCUT2D eigenvalue weighted by Gasteiger charge is -2.15. The molecule has 0 saturated carbocycles. The van der Waals surface area contributed by atoms with Crippen LogP contribution in [-0.4, -0.2) is 19.5 Å². The van der Waals surface area contributed by atoms with Gasteiger partial charge in [0.15, 0.2) is 17.5 Å². The summed E-state index contributed by atoms with van der Waals surface area (Å²) in [5, 5.41) is 5.00. The van der Waals surface area contributed by atoms with Gasteiger partial charge in [0.05, 0.1) is 16.7 Å². The van der Waals surface area contributed by atoms with Crippen molar-refractivity contribution in [3.8, 4) is 51.0 Å². The van der Waals surface area contributed by atoms with E-state index in [-0.39, 0.29) is 0 Å². The van der Waals surface area contributed by atoms with Gasteiger partial charge in [-0.15, -0.1) is 11.3 Å². The minimum Gasteiger partial charge on any atom is -0.309 e. The average molecular weight is 657 g/mol. The molecule has 4 nitrogen and oxygen atoms in total. The summed E-state index contributed by atoms with van der Waals surface area (Å²) >= 11 is 1.85. The van der Waals surface area contributed by atoms with Gasteiger partial charge in [-0.1, -0.05) is 140 Å². The molecule has 0 spiro atoms. The van der Waals surface area contributed by atoms with Crippen molar-refractivity contribution in [2.24, 2.45) is 0 Å². The van der Waals surface area contributed by atoms with Crippen molar-refractivity contribution in [3.05, 3.63) is 170 Å². The van der Waals surface area contributed by atoms with E-state index in [1.54, 1.807) is 0 Å². The number of nitrogens with zero attached hydrogens (tertiary/aromatic N) is 4. The molecule has 0 aliphatic carbocycles. The molecule has 0 amide bonds. The fourth-order valence-corrected chi connectivity index (χ4v) is 8.26. The molecule has 50 heavy (non-hydrogen) atoms. The largest absolute Gasteiger partial charge is 0.309 e. The second-order valence-corrected chi connectivity index (χ2v) is 13.5. The van der Waals surface area contributed by atoms with Gasteiger partial charge in [-0.05, 0) is 35.9 Å². The SMILES string of the molecule is c1ccc(-c2nc(-c3ccccc3)nc(-c3ccc4c5ccccc5n(-c5ccccc5-c5ccc6c(c5)sc5ccccc56)c4c3)n2)cc1. The standard InChI is InChI=1S/C45H28N4S/c1-3-13-29(14-4-1)43-46-44(30-15-5-2-6-16-30)48-45(47-43)32-24-25-35-34-18-8-11-21-39(34)49(40(35)27-32)38-20-10-7-17-33(38)31-23-26-37-36-19-9-12-22-41(36)50-42(37)28-31/h1-28H. The molecule has 0 atom stereocenters. The van der Waals surface area contributed by atoms with Gasteiger partial charge >= 0.3 is 0 Å². The number of aromatic nitrogens is 4. The molecule has 0 aliphatic heterocycles. The van der Waals surface area contributed by atoms with Crippen molar-refractivity contribution < 1.29 is 0 Å². The highest BCUT2D eigenvalue weighted by atomic mass is 32.1. The zero-order chi connectivity index (χ0) is 33.0. The molecule has 10 rings (SSSR count).